The molecule has 4 heteroatoms. The highest BCUT2D eigenvalue weighted by atomic mass is 32.1. The van der Waals surface area contributed by atoms with Gasteiger partial charge in [-0.1, -0.05) is 0 Å². The molecule has 0 unspecified atom stereocenters. The van der Waals surface area contributed by atoms with Crippen molar-refractivity contribution in [2.75, 3.05) is 0 Å². The predicted octanol–water partition coefficient (Wildman–Crippen LogP) is 3.58. The number of hydrogen-bond donors (Lipinski definition) is 0. The third-order valence-corrected chi connectivity index (χ3v) is 3.52. The van der Waals surface area contributed by atoms with Crippen molar-refractivity contribution in [3.63, 3.8) is 0 Å². The van der Waals surface area contributed by atoms with E-state index in [9.17, 15) is 0 Å². The highest BCUT2D eigenvalue weighted by molar-refractivity contribution is 7.11. The van der Waals surface area contributed by atoms with E-state index in [-0.39, 0.29) is 0 Å². The largest absolute Gasteiger partial charge is 0.241 e. The SMILES string of the molecule is Cc1csc(/C(C#N)=C/c2ccsc2)n1. The van der Waals surface area contributed by atoms with Crippen LogP contribution >= 0.6 is 22.7 Å². The van der Waals surface area contributed by atoms with Crippen molar-refractivity contribution >= 4 is 34.3 Å². The molecule has 0 saturated heterocycles. The zero-order valence-electron chi connectivity index (χ0n) is 8.10. The summed E-state index contributed by atoms with van der Waals surface area (Å²) >= 11 is 3.13. The van der Waals surface area contributed by atoms with Gasteiger partial charge in [-0.3, -0.25) is 0 Å². The van der Waals surface area contributed by atoms with E-state index in [0.29, 0.717) is 5.57 Å². The van der Waals surface area contributed by atoms with Crippen LogP contribution in [0.4, 0.5) is 0 Å². The molecule has 0 radical (unpaired) electrons. The zero-order valence-corrected chi connectivity index (χ0v) is 9.73. The molecule has 0 aliphatic rings. The number of aromatic nitrogens is 1. The van der Waals surface area contributed by atoms with Crippen molar-refractivity contribution in [2.45, 2.75) is 6.92 Å². The van der Waals surface area contributed by atoms with E-state index in [1.54, 1.807) is 11.3 Å². The standard InChI is InChI=1S/C11H8N2S2/c1-8-6-15-11(13-8)10(5-12)4-9-2-3-14-7-9/h2-4,6-7H,1H3/b10-4+. The van der Waals surface area contributed by atoms with Crippen LogP contribution in [0.25, 0.3) is 11.6 Å². The van der Waals surface area contributed by atoms with Crippen LogP contribution < -0.4 is 0 Å². The van der Waals surface area contributed by atoms with E-state index in [4.69, 9.17) is 5.26 Å². The average molecular weight is 232 g/mol. The average Bonchev–Trinajstić information content (AvgIpc) is 2.85. The number of thiophene rings is 1. The molecule has 2 heterocycles. The maximum atomic E-state index is 9.04. The lowest BCUT2D eigenvalue weighted by Gasteiger charge is -1.90. The quantitative estimate of drug-likeness (QED) is 0.742. The van der Waals surface area contributed by atoms with Gasteiger partial charge in [0.2, 0.25) is 0 Å². The van der Waals surface area contributed by atoms with Crippen LogP contribution in [0.15, 0.2) is 22.2 Å². The molecule has 2 aromatic rings. The van der Waals surface area contributed by atoms with Gasteiger partial charge >= 0.3 is 0 Å². The summed E-state index contributed by atoms with van der Waals surface area (Å²) in [5.41, 5.74) is 2.65. The van der Waals surface area contributed by atoms with Gasteiger partial charge in [0.05, 0.1) is 5.57 Å². The molecule has 0 aromatic carbocycles. The summed E-state index contributed by atoms with van der Waals surface area (Å²) in [7, 11) is 0. The monoisotopic (exact) mass is 232 g/mol. The van der Waals surface area contributed by atoms with E-state index in [2.05, 4.69) is 11.1 Å². The Balaban J connectivity index is 2.37. The van der Waals surface area contributed by atoms with Crippen LogP contribution in [0.5, 0.6) is 0 Å². The van der Waals surface area contributed by atoms with Crippen LogP contribution in [-0.4, -0.2) is 4.98 Å². The van der Waals surface area contributed by atoms with E-state index in [1.807, 2.05) is 35.2 Å². The van der Waals surface area contributed by atoms with Crippen LogP contribution in [0, 0.1) is 18.3 Å². The minimum absolute atomic E-state index is 0.631. The second-order valence-corrected chi connectivity index (χ2v) is 4.66. The zero-order chi connectivity index (χ0) is 10.7. The maximum Gasteiger partial charge on any atom is 0.134 e. The van der Waals surface area contributed by atoms with E-state index in [1.165, 1.54) is 11.3 Å². The van der Waals surface area contributed by atoms with Crippen molar-refractivity contribution < 1.29 is 0 Å². The van der Waals surface area contributed by atoms with E-state index < -0.39 is 0 Å². The lowest BCUT2D eigenvalue weighted by Crippen LogP contribution is -1.80. The van der Waals surface area contributed by atoms with Crippen LogP contribution in [0.1, 0.15) is 16.3 Å². The Kier molecular flexibility index (Phi) is 2.95. The molecular formula is C11H8N2S2. The number of allylic oxidation sites excluding steroid dienone is 1. The molecule has 2 rings (SSSR count). The summed E-state index contributed by atoms with van der Waals surface area (Å²) in [6.45, 7) is 1.93. The molecule has 2 aromatic heterocycles. The molecular weight excluding hydrogens is 224 g/mol. The highest BCUT2D eigenvalue weighted by Gasteiger charge is 2.05. The van der Waals surface area contributed by atoms with Gasteiger partial charge in [-0.05, 0) is 35.4 Å². The van der Waals surface area contributed by atoms with Gasteiger partial charge in [0.1, 0.15) is 11.1 Å². The molecule has 15 heavy (non-hydrogen) atoms. The van der Waals surface area contributed by atoms with Gasteiger partial charge in [0.15, 0.2) is 0 Å². The number of thiazole rings is 1. The third kappa shape index (κ3) is 2.32. The lowest BCUT2D eigenvalue weighted by molar-refractivity contribution is 1.25. The van der Waals surface area contributed by atoms with E-state index in [0.717, 1.165) is 16.3 Å². The molecule has 0 atom stereocenters. The number of aryl methyl sites for hydroxylation is 1. The lowest BCUT2D eigenvalue weighted by atomic mass is 10.2. The minimum Gasteiger partial charge on any atom is -0.241 e. The van der Waals surface area contributed by atoms with Crippen molar-refractivity contribution in [2.24, 2.45) is 0 Å². The molecule has 0 saturated carbocycles. The fraction of sp³-hybridized carbons (Fsp3) is 0.0909. The second kappa shape index (κ2) is 4.39. The van der Waals surface area contributed by atoms with Gasteiger partial charge in [0.25, 0.3) is 0 Å². The first-order chi connectivity index (χ1) is 7.29. The fourth-order valence-corrected chi connectivity index (χ4v) is 2.52. The summed E-state index contributed by atoms with van der Waals surface area (Å²) in [5, 5.41) is 15.8. The molecule has 74 valence electrons. The van der Waals surface area contributed by atoms with Crippen LogP contribution in [0.3, 0.4) is 0 Å². The fourth-order valence-electron chi connectivity index (χ4n) is 1.14. The van der Waals surface area contributed by atoms with Crippen molar-refractivity contribution in [1.29, 1.82) is 5.26 Å². The summed E-state index contributed by atoms with van der Waals surface area (Å²) in [5.74, 6) is 0. The number of rotatable bonds is 2. The Hall–Kier alpha value is -1.44. The van der Waals surface area contributed by atoms with Crippen molar-refractivity contribution in [3.05, 3.63) is 38.5 Å². The number of nitriles is 1. The highest BCUT2D eigenvalue weighted by Crippen LogP contribution is 2.22. The van der Waals surface area contributed by atoms with Gasteiger partial charge in [0, 0.05) is 11.1 Å². The smallest absolute Gasteiger partial charge is 0.134 e. The molecule has 0 N–H and O–H groups in total. The van der Waals surface area contributed by atoms with Gasteiger partial charge in [-0.15, -0.1) is 11.3 Å². The Bertz CT molecular complexity index is 515. The first-order valence-electron chi connectivity index (χ1n) is 4.36. The molecule has 2 nitrogen and oxygen atoms in total. The first-order valence-corrected chi connectivity index (χ1v) is 6.18. The Morgan fingerprint density at radius 2 is 2.40 bits per heavy atom. The van der Waals surface area contributed by atoms with Crippen LogP contribution in [0.2, 0.25) is 0 Å². The Morgan fingerprint density at radius 1 is 1.53 bits per heavy atom. The molecule has 0 bridgehead atoms. The van der Waals surface area contributed by atoms with E-state index >= 15 is 0 Å². The summed E-state index contributed by atoms with van der Waals surface area (Å²) in [4.78, 5) is 4.29. The topological polar surface area (TPSA) is 36.7 Å². The Morgan fingerprint density at radius 3 is 2.93 bits per heavy atom. The third-order valence-electron chi connectivity index (χ3n) is 1.82. The normalized spacial score (nSPS) is 11.3. The first kappa shape index (κ1) is 10.1. The van der Waals surface area contributed by atoms with Gasteiger partial charge < -0.3 is 0 Å². The number of nitrogens with zero attached hydrogens (tertiary/aromatic N) is 2. The minimum atomic E-state index is 0.631. The van der Waals surface area contributed by atoms with Gasteiger partial charge in [-0.25, -0.2) is 4.98 Å². The van der Waals surface area contributed by atoms with Crippen molar-refractivity contribution in [3.8, 4) is 6.07 Å². The molecule has 0 aliphatic carbocycles. The van der Waals surface area contributed by atoms with Crippen molar-refractivity contribution in [1.82, 2.24) is 4.98 Å². The maximum absolute atomic E-state index is 9.04. The molecule has 0 spiro atoms. The summed E-state index contributed by atoms with van der Waals surface area (Å²) in [6.07, 6.45) is 1.87. The predicted molar refractivity (Wildman–Crippen MR) is 64.7 cm³/mol. The van der Waals surface area contributed by atoms with Gasteiger partial charge in [-0.2, -0.15) is 16.6 Å². The number of hydrogen-bond acceptors (Lipinski definition) is 4. The molecule has 0 aliphatic heterocycles. The summed E-state index contributed by atoms with van der Waals surface area (Å²) in [6, 6.07) is 4.17. The molecule has 0 fully saturated rings. The second-order valence-electron chi connectivity index (χ2n) is 3.02. The summed E-state index contributed by atoms with van der Waals surface area (Å²) < 4.78 is 0. The Labute approximate surface area is 96.2 Å². The molecule has 0 amide bonds. The van der Waals surface area contributed by atoms with Crippen LogP contribution in [-0.2, 0) is 0 Å².